The second kappa shape index (κ2) is 9.00. The number of ether oxygens (including phenoxy) is 1. The first kappa shape index (κ1) is 14.0. The molecule has 1 unspecified atom stereocenters. The Hall–Kier alpha value is -0.0800. The molecule has 1 N–H and O–H groups in total. The molecule has 1 saturated carbocycles. The number of unbranched alkanes of at least 4 members (excludes halogenated alkanes) is 2. The molecule has 0 radical (unpaired) electrons. The van der Waals surface area contributed by atoms with E-state index in [1.165, 1.54) is 44.9 Å². The summed E-state index contributed by atoms with van der Waals surface area (Å²) in [6, 6.07) is 0.651. The van der Waals surface area contributed by atoms with Crippen LogP contribution in [0.1, 0.15) is 58.8 Å². The molecule has 1 aliphatic carbocycles. The maximum Gasteiger partial charge on any atom is 0.0591 e. The van der Waals surface area contributed by atoms with Crippen molar-refractivity contribution in [2.75, 3.05) is 19.8 Å². The van der Waals surface area contributed by atoms with Crippen molar-refractivity contribution in [2.24, 2.45) is 5.92 Å². The molecule has 0 amide bonds. The minimum absolute atomic E-state index is 0.651. The highest BCUT2D eigenvalue weighted by Gasteiger charge is 2.20. The molecule has 0 aromatic heterocycles. The third-order valence-corrected chi connectivity index (χ3v) is 3.35. The normalized spacial score (nSPS) is 17.6. The van der Waals surface area contributed by atoms with Gasteiger partial charge in [-0.2, -0.15) is 0 Å². The molecule has 1 atom stereocenters. The van der Waals surface area contributed by atoms with Crippen LogP contribution in [0.15, 0.2) is 0 Å². The van der Waals surface area contributed by atoms with Crippen molar-refractivity contribution in [1.29, 1.82) is 0 Å². The van der Waals surface area contributed by atoms with E-state index in [1.54, 1.807) is 0 Å². The molecule has 0 aromatic carbocycles. The molecule has 1 aliphatic rings. The van der Waals surface area contributed by atoms with E-state index in [4.69, 9.17) is 4.74 Å². The molecule has 0 aromatic rings. The van der Waals surface area contributed by atoms with Crippen LogP contribution in [-0.2, 0) is 4.74 Å². The van der Waals surface area contributed by atoms with Crippen LogP contribution in [0.5, 0.6) is 0 Å². The van der Waals surface area contributed by atoms with Crippen molar-refractivity contribution >= 4 is 0 Å². The van der Waals surface area contributed by atoms with Crippen LogP contribution >= 0.6 is 0 Å². The topological polar surface area (TPSA) is 21.3 Å². The van der Waals surface area contributed by atoms with Gasteiger partial charge in [-0.25, -0.2) is 0 Å². The van der Waals surface area contributed by atoms with Crippen LogP contribution in [0.3, 0.4) is 0 Å². The largest absolute Gasteiger partial charge is 0.380 e. The van der Waals surface area contributed by atoms with Crippen LogP contribution in [0, 0.1) is 5.92 Å². The number of hydrogen-bond acceptors (Lipinski definition) is 2. The summed E-state index contributed by atoms with van der Waals surface area (Å²) in [4.78, 5) is 0. The molecule has 0 saturated heterocycles. The number of nitrogens with one attached hydrogen (secondary N) is 1. The molecular formula is C14H29NO. The van der Waals surface area contributed by atoms with Gasteiger partial charge in [0.1, 0.15) is 0 Å². The second-order valence-corrected chi connectivity index (χ2v) is 5.20. The molecule has 0 aliphatic heterocycles. The number of hydrogen-bond donors (Lipinski definition) is 1. The van der Waals surface area contributed by atoms with E-state index in [1.807, 2.05) is 0 Å². The van der Waals surface area contributed by atoms with Crippen LogP contribution in [0.2, 0.25) is 0 Å². The number of rotatable bonds is 11. The molecule has 2 nitrogen and oxygen atoms in total. The Balaban J connectivity index is 1.74. The Morgan fingerprint density at radius 3 is 2.75 bits per heavy atom. The average molecular weight is 227 g/mol. The quantitative estimate of drug-likeness (QED) is 0.546. The van der Waals surface area contributed by atoms with Crippen LogP contribution in [0.4, 0.5) is 0 Å². The van der Waals surface area contributed by atoms with E-state index in [-0.39, 0.29) is 0 Å². The smallest absolute Gasteiger partial charge is 0.0591 e. The molecule has 0 spiro atoms. The minimum Gasteiger partial charge on any atom is -0.380 e. The van der Waals surface area contributed by atoms with Crippen LogP contribution in [-0.4, -0.2) is 25.8 Å². The Bertz CT molecular complexity index is 157. The van der Waals surface area contributed by atoms with E-state index in [0.717, 1.165) is 25.7 Å². The highest BCUT2D eigenvalue weighted by Crippen LogP contribution is 2.31. The molecule has 1 fully saturated rings. The lowest BCUT2D eigenvalue weighted by Gasteiger charge is -2.13. The van der Waals surface area contributed by atoms with Gasteiger partial charge in [0.15, 0.2) is 0 Å². The van der Waals surface area contributed by atoms with Gasteiger partial charge >= 0.3 is 0 Å². The van der Waals surface area contributed by atoms with E-state index in [2.05, 4.69) is 19.2 Å². The molecule has 96 valence electrons. The maximum absolute atomic E-state index is 5.60. The molecule has 0 heterocycles. The van der Waals surface area contributed by atoms with Gasteiger partial charge in [0, 0.05) is 19.2 Å². The van der Waals surface area contributed by atoms with Gasteiger partial charge in [0.2, 0.25) is 0 Å². The summed E-state index contributed by atoms with van der Waals surface area (Å²) >= 11 is 0. The third kappa shape index (κ3) is 8.12. The minimum atomic E-state index is 0.651. The fourth-order valence-corrected chi connectivity index (χ4v) is 1.94. The van der Waals surface area contributed by atoms with E-state index >= 15 is 0 Å². The lowest BCUT2D eigenvalue weighted by molar-refractivity contribution is 0.128. The second-order valence-electron chi connectivity index (χ2n) is 5.20. The Kier molecular flexibility index (Phi) is 7.87. The summed E-state index contributed by atoms with van der Waals surface area (Å²) < 4.78 is 5.60. The Morgan fingerprint density at radius 2 is 2.06 bits per heavy atom. The summed E-state index contributed by atoms with van der Waals surface area (Å²) in [6.45, 7) is 7.39. The van der Waals surface area contributed by atoms with E-state index in [0.29, 0.717) is 6.04 Å². The predicted octanol–water partition coefficient (Wildman–Crippen LogP) is 3.36. The Labute approximate surface area is 101 Å². The average Bonchev–Trinajstić information content (AvgIpc) is 3.07. The van der Waals surface area contributed by atoms with Gasteiger partial charge in [0.25, 0.3) is 0 Å². The monoisotopic (exact) mass is 227 g/mol. The highest BCUT2D eigenvalue weighted by atomic mass is 16.5. The van der Waals surface area contributed by atoms with Gasteiger partial charge < -0.3 is 10.1 Å². The van der Waals surface area contributed by atoms with Crippen molar-refractivity contribution in [1.82, 2.24) is 5.32 Å². The van der Waals surface area contributed by atoms with Crippen molar-refractivity contribution in [3.05, 3.63) is 0 Å². The van der Waals surface area contributed by atoms with Crippen LogP contribution < -0.4 is 5.32 Å². The summed E-state index contributed by atoms with van der Waals surface area (Å²) in [5, 5.41) is 3.52. The molecule has 16 heavy (non-hydrogen) atoms. The summed E-state index contributed by atoms with van der Waals surface area (Å²) in [5.74, 6) is 1.00. The van der Waals surface area contributed by atoms with Crippen molar-refractivity contribution < 1.29 is 4.74 Å². The molecule has 0 bridgehead atoms. The zero-order valence-corrected chi connectivity index (χ0v) is 11.1. The summed E-state index contributed by atoms with van der Waals surface area (Å²) in [5.41, 5.74) is 0. The van der Waals surface area contributed by atoms with Gasteiger partial charge in [-0.15, -0.1) is 0 Å². The van der Waals surface area contributed by atoms with Gasteiger partial charge in [-0.1, -0.05) is 39.0 Å². The van der Waals surface area contributed by atoms with Crippen LogP contribution in [0.25, 0.3) is 0 Å². The first-order valence-corrected chi connectivity index (χ1v) is 7.14. The van der Waals surface area contributed by atoms with E-state index in [9.17, 15) is 0 Å². The van der Waals surface area contributed by atoms with Gasteiger partial charge in [-0.05, 0) is 25.7 Å². The third-order valence-electron chi connectivity index (χ3n) is 3.35. The molecule has 1 rings (SSSR count). The first-order chi connectivity index (χ1) is 7.83. The first-order valence-electron chi connectivity index (χ1n) is 7.14. The standard InChI is InChI=1S/C14H29NO/c1-3-4-5-6-13(2)15-10-12-16-11-9-14-7-8-14/h13-15H,3-12H2,1-2H3. The fraction of sp³-hybridized carbons (Fsp3) is 1.00. The zero-order valence-electron chi connectivity index (χ0n) is 11.1. The summed E-state index contributed by atoms with van der Waals surface area (Å²) in [7, 11) is 0. The highest BCUT2D eigenvalue weighted by molar-refractivity contribution is 4.72. The maximum atomic E-state index is 5.60. The van der Waals surface area contributed by atoms with Crippen molar-refractivity contribution in [2.45, 2.75) is 64.8 Å². The zero-order chi connectivity index (χ0) is 11.6. The fourth-order valence-electron chi connectivity index (χ4n) is 1.94. The molecule has 2 heteroatoms. The van der Waals surface area contributed by atoms with Crippen molar-refractivity contribution in [3.8, 4) is 0 Å². The lowest BCUT2D eigenvalue weighted by Crippen LogP contribution is -2.29. The lowest BCUT2D eigenvalue weighted by atomic mass is 10.1. The van der Waals surface area contributed by atoms with E-state index < -0.39 is 0 Å². The summed E-state index contributed by atoms with van der Waals surface area (Å²) in [6.07, 6.45) is 9.50. The predicted molar refractivity (Wildman–Crippen MR) is 69.8 cm³/mol. The Morgan fingerprint density at radius 1 is 1.25 bits per heavy atom. The molecular weight excluding hydrogens is 198 g/mol. The van der Waals surface area contributed by atoms with Gasteiger partial charge in [-0.3, -0.25) is 0 Å². The van der Waals surface area contributed by atoms with Crippen molar-refractivity contribution in [3.63, 3.8) is 0 Å². The SMILES string of the molecule is CCCCCC(C)NCCOCCC1CC1. The van der Waals surface area contributed by atoms with Gasteiger partial charge in [0.05, 0.1) is 6.61 Å².